The van der Waals surface area contributed by atoms with Crippen molar-refractivity contribution < 1.29 is 8.83 Å². The zero-order chi connectivity index (χ0) is 41.9. The normalized spacial score (nSPS) is 12.1. The molecule has 0 aliphatic rings. The second-order valence-corrected chi connectivity index (χ2v) is 17.1. The van der Waals surface area contributed by atoms with Crippen molar-refractivity contribution >= 4 is 97.7 Å². The summed E-state index contributed by atoms with van der Waals surface area (Å²) in [7, 11) is 0. The van der Waals surface area contributed by atoms with Crippen LogP contribution < -0.4 is 0 Å². The number of rotatable bonds is 4. The molecule has 0 aliphatic heterocycles. The van der Waals surface area contributed by atoms with Gasteiger partial charge in [0.25, 0.3) is 0 Å². The van der Waals surface area contributed by atoms with Gasteiger partial charge < -0.3 is 8.83 Å². The van der Waals surface area contributed by atoms with Crippen LogP contribution in [0.15, 0.2) is 227 Å². The SMILES string of the molecule is c1ccc(-c2c3ccccc3c(-c3ccc4oc5cc(-c6c7ccccc7c(-c7ccc8oc9cc%10ccccc%10cc9c8c7)c7ccccc67)ccc5c4c3)c3ccccc23)cc1. The molecular formula is C62H36O2. The van der Waals surface area contributed by atoms with E-state index in [1.807, 2.05) is 0 Å². The average Bonchev–Trinajstić information content (AvgIpc) is 3.90. The van der Waals surface area contributed by atoms with Crippen molar-refractivity contribution in [1.29, 1.82) is 0 Å². The van der Waals surface area contributed by atoms with Crippen LogP contribution in [0.4, 0.5) is 0 Å². The van der Waals surface area contributed by atoms with Gasteiger partial charge in [-0.25, -0.2) is 0 Å². The lowest BCUT2D eigenvalue weighted by atomic mass is 9.85. The average molecular weight is 813 g/mol. The molecule has 0 atom stereocenters. The van der Waals surface area contributed by atoms with Gasteiger partial charge in [0.1, 0.15) is 22.3 Å². The van der Waals surface area contributed by atoms with Crippen molar-refractivity contribution in [3.63, 3.8) is 0 Å². The highest BCUT2D eigenvalue weighted by atomic mass is 16.3. The third kappa shape index (κ3) is 5.14. The van der Waals surface area contributed by atoms with Crippen LogP contribution in [0.25, 0.3) is 142 Å². The smallest absolute Gasteiger partial charge is 0.136 e. The summed E-state index contributed by atoms with van der Waals surface area (Å²) in [6, 6.07) is 79.3. The van der Waals surface area contributed by atoms with Crippen molar-refractivity contribution in [2.45, 2.75) is 0 Å². The van der Waals surface area contributed by atoms with E-state index in [0.717, 1.165) is 49.4 Å². The Morgan fingerprint density at radius 1 is 0.188 bits per heavy atom. The topological polar surface area (TPSA) is 26.3 Å². The van der Waals surface area contributed by atoms with Crippen LogP contribution in [0.3, 0.4) is 0 Å². The summed E-state index contributed by atoms with van der Waals surface area (Å²) in [6.45, 7) is 0. The fourth-order valence-electron chi connectivity index (χ4n) is 10.8. The molecule has 0 aliphatic carbocycles. The van der Waals surface area contributed by atoms with Crippen molar-refractivity contribution in [1.82, 2.24) is 0 Å². The van der Waals surface area contributed by atoms with E-state index in [2.05, 4.69) is 218 Å². The van der Waals surface area contributed by atoms with Gasteiger partial charge in [-0.05, 0) is 147 Å². The highest BCUT2D eigenvalue weighted by Gasteiger charge is 2.21. The first-order chi connectivity index (χ1) is 31.7. The van der Waals surface area contributed by atoms with Crippen molar-refractivity contribution in [3.05, 3.63) is 218 Å². The van der Waals surface area contributed by atoms with Crippen LogP contribution in [-0.4, -0.2) is 0 Å². The lowest BCUT2D eigenvalue weighted by molar-refractivity contribution is 0.669. The van der Waals surface area contributed by atoms with Crippen LogP contribution in [-0.2, 0) is 0 Å². The Kier molecular flexibility index (Phi) is 7.43. The Bertz CT molecular complexity index is 4130. The van der Waals surface area contributed by atoms with E-state index in [-0.39, 0.29) is 0 Å². The van der Waals surface area contributed by atoms with E-state index in [1.54, 1.807) is 0 Å². The van der Waals surface area contributed by atoms with E-state index in [1.165, 1.54) is 92.8 Å². The Balaban J connectivity index is 0.943. The molecule has 0 N–H and O–H groups in total. The summed E-state index contributed by atoms with van der Waals surface area (Å²) in [5.41, 5.74) is 13.2. The predicted molar refractivity (Wildman–Crippen MR) is 270 cm³/mol. The van der Waals surface area contributed by atoms with E-state index in [4.69, 9.17) is 8.83 Å². The Hall–Kier alpha value is -8.46. The molecule has 12 aromatic carbocycles. The first-order valence-electron chi connectivity index (χ1n) is 22.0. The molecule has 0 saturated carbocycles. The van der Waals surface area contributed by atoms with E-state index in [9.17, 15) is 0 Å². The highest BCUT2D eigenvalue weighted by Crippen LogP contribution is 2.48. The van der Waals surface area contributed by atoms with Gasteiger partial charge >= 0.3 is 0 Å². The Labute approximate surface area is 367 Å². The lowest BCUT2D eigenvalue weighted by Gasteiger charge is -2.18. The van der Waals surface area contributed by atoms with Crippen molar-refractivity contribution in [3.8, 4) is 44.5 Å². The van der Waals surface area contributed by atoms with Crippen molar-refractivity contribution in [2.75, 3.05) is 0 Å². The van der Waals surface area contributed by atoms with Gasteiger partial charge in [0, 0.05) is 21.5 Å². The molecule has 14 aromatic rings. The summed E-state index contributed by atoms with van der Waals surface area (Å²) < 4.78 is 13.2. The van der Waals surface area contributed by atoms with Crippen molar-refractivity contribution in [2.24, 2.45) is 0 Å². The van der Waals surface area contributed by atoms with Gasteiger partial charge in [0.2, 0.25) is 0 Å². The first kappa shape index (κ1) is 35.2. The maximum Gasteiger partial charge on any atom is 0.136 e. The van der Waals surface area contributed by atoms with Crippen LogP contribution in [0.5, 0.6) is 0 Å². The highest BCUT2D eigenvalue weighted by molar-refractivity contribution is 6.24. The second kappa shape index (κ2) is 13.5. The number of benzene rings is 12. The maximum atomic E-state index is 6.76. The van der Waals surface area contributed by atoms with Crippen LogP contribution in [0, 0.1) is 0 Å². The third-order valence-corrected chi connectivity index (χ3v) is 13.6. The molecule has 0 bridgehead atoms. The molecule has 296 valence electrons. The Morgan fingerprint density at radius 3 is 1.02 bits per heavy atom. The molecule has 2 heterocycles. The molecule has 2 nitrogen and oxygen atoms in total. The lowest BCUT2D eigenvalue weighted by Crippen LogP contribution is -1.91. The summed E-state index contributed by atoms with van der Waals surface area (Å²) >= 11 is 0. The van der Waals surface area contributed by atoms with E-state index >= 15 is 0 Å². The molecule has 0 saturated heterocycles. The zero-order valence-corrected chi connectivity index (χ0v) is 34.6. The molecule has 0 spiro atoms. The maximum absolute atomic E-state index is 6.76. The number of fused-ring (bicyclic) bond motifs is 11. The minimum Gasteiger partial charge on any atom is -0.456 e. The molecular weight excluding hydrogens is 777 g/mol. The molecule has 0 fully saturated rings. The van der Waals surface area contributed by atoms with Gasteiger partial charge in [0.15, 0.2) is 0 Å². The van der Waals surface area contributed by atoms with Crippen LogP contribution in [0.1, 0.15) is 0 Å². The van der Waals surface area contributed by atoms with Gasteiger partial charge in [0.05, 0.1) is 0 Å². The van der Waals surface area contributed by atoms with E-state index < -0.39 is 0 Å². The minimum atomic E-state index is 0.876. The number of hydrogen-bond acceptors (Lipinski definition) is 2. The molecule has 2 heteroatoms. The molecule has 0 unspecified atom stereocenters. The number of furan rings is 2. The summed E-state index contributed by atoms with van der Waals surface area (Å²) in [4.78, 5) is 0. The third-order valence-electron chi connectivity index (χ3n) is 13.6. The molecule has 0 amide bonds. The fourth-order valence-corrected chi connectivity index (χ4v) is 10.8. The largest absolute Gasteiger partial charge is 0.456 e. The van der Waals surface area contributed by atoms with Crippen LogP contribution >= 0.6 is 0 Å². The Morgan fingerprint density at radius 2 is 0.531 bits per heavy atom. The van der Waals surface area contributed by atoms with E-state index in [0.29, 0.717) is 0 Å². The van der Waals surface area contributed by atoms with Gasteiger partial charge in [-0.15, -0.1) is 0 Å². The van der Waals surface area contributed by atoms with Crippen LogP contribution in [0.2, 0.25) is 0 Å². The molecule has 64 heavy (non-hydrogen) atoms. The first-order valence-corrected chi connectivity index (χ1v) is 22.0. The monoisotopic (exact) mass is 812 g/mol. The number of hydrogen-bond donors (Lipinski definition) is 0. The molecule has 0 radical (unpaired) electrons. The summed E-state index contributed by atoms with van der Waals surface area (Å²) in [5.74, 6) is 0. The standard InChI is InChI=1S/C62H36O2/c1-2-14-37(15-3-1)59-44-18-6-8-20-46(44)60(47-21-9-7-19-45(47)59)40-27-30-55-52(33-40)43-29-26-42(36-57(43)63-55)62-50-24-12-10-22-48(50)61(49-23-11-13-25-51(49)62)41-28-31-56-53(34-41)54-32-38-16-4-5-17-39(38)35-58(54)64-56/h1-36H. The van der Waals surface area contributed by atoms with Gasteiger partial charge in [-0.1, -0.05) is 170 Å². The summed E-state index contributed by atoms with van der Waals surface area (Å²) in [5, 5.41) is 16.7. The fraction of sp³-hybridized carbons (Fsp3) is 0. The quantitative estimate of drug-likeness (QED) is 0.166. The second-order valence-electron chi connectivity index (χ2n) is 17.1. The predicted octanol–water partition coefficient (Wildman–Crippen LogP) is 17.9. The van der Waals surface area contributed by atoms with Gasteiger partial charge in [-0.2, -0.15) is 0 Å². The van der Waals surface area contributed by atoms with Gasteiger partial charge in [-0.3, -0.25) is 0 Å². The minimum absolute atomic E-state index is 0.876. The summed E-state index contributed by atoms with van der Waals surface area (Å²) in [6.07, 6.45) is 0. The molecule has 2 aromatic heterocycles. The molecule has 14 rings (SSSR count). The zero-order valence-electron chi connectivity index (χ0n) is 34.6.